The van der Waals surface area contributed by atoms with Crippen LogP contribution >= 0.6 is 23.4 Å². The lowest BCUT2D eigenvalue weighted by molar-refractivity contribution is -0.139. The molecule has 1 atom stereocenters. The summed E-state index contributed by atoms with van der Waals surface area (Å²) < 4.78 is 6.31. The van der Waals surface area contributed by atoms with E-state index in [1.807, 2.05) is 31.2 Å². The standard InChI is InChI=1S/C19H17ClN2O3S/c1-11-5-4-6-14(9-11)22-17(23)15-8-7-13(20)10-16(15)21-19(22)26-12(2)18(24)25-3/h4-10,12H,1-3H3/t12-/m0/s1. The van der Waals surface area contributed by atoms with E-state index in [9.17, 15) is 9.59 Å². The Morgan fingerprint density at radius 1 is 1.27 bits per heavy atom. The number of aromatic nitrogens is 2. The predicted molar refractivity (Wildman–Crippen MR) is 104 cm³/mol. The topological polar surface area (TPSA) is 61.2 Å². The fourth-order valence-corrected chi connectivity index (χ4v) is 3.70. The molecule has 0 bridgehead atoms. The van der Waals surface area contributed by atoms with Crippen molar-refractivity contribution in [1.82, 2.24) is 9.55 Å². The third-order valence-electron chi connectivity index (χ3n) is 3.88. The van der Waals surface area contributed by atoms with Crippen molar-refractivity contribution >= 4 is 40.2 Å². The number of esters is 1. The molecule has 0 aliphatic rings. The first-order valence-corrected chi connectivity index (χ1v) is 9.20. The van der Waals surface area contributed by atoms with Gasteiger partial charge in [0.15, 0.2) is 5.16 Å². The fourth-order valence-electron chi connectivity index (χ4n) is 2.58. The van der Waals surface area contributed by atoms with Gasteiger partial charge in [0.1, 0.15) is 5.25 Å². The van der Waals surface area contributed by atoms with E-state index in [1.54, 1.807) is 25.1 Å². The molecule has 1 aromatic heterocycles. The molecule has 0 aliphatic carbocycles. The summed E-state index contributed by atoms with van der Waals surface area (Å²) >= 11 is 7.22. The van der Waals surface area contributed by atoms with Crippen molar-refractivity contribution in [1.29, 1.82) is 0 Å². The molecule has 0 fully saturated rings. The number of nitrogens with zero attached hydrogens (tertiary/aromatic N) is 2. The molecule has 0 radical (unpaired) electrons. The molecule has 3 aromatic rings. The number of carbonyl (C=O) groups excluding carboxylic acids is 1. The molecular formula is C19H17ClN2O3S. The van der Waals surface area contributed by atoms with E-state index in [1.165, 1.54) is 23.4 Å². The van der Waals surface area contributed by atoms with Gasteiger partial charge in [-0.2, -0.15) is 0 Å². The van der Waals surface area contributed by atoms with Crippen molar-refractivity contribution in [3.8, 4) is 5.69 Å². The van der Waals surface area contributed by atoms with E-state index in [0.717, 1.165) is 5.56 Å². The molecule has 0 aliphatic heterocycles. The molecule has 134 valence electrons. The van der Waals surface area contributed by atoms with Gasteiger partial charge in [0, 0.05) is 5.02 Å². The summed E-state index contributed by atoms with van der Waals surface area (Å²) in [5, 5.41) is 0.855. The average molecular weight is 389 g/mol. The SMILES string of the molecule is COC(=O)[C@H](C)Sc1nc2cc(Cl)ccc2c(=O)n1-c1cccc(C)c1. The number of hydrogen-bond donors (Lipinski definition) is 0. The van der Waals surface area contributed by atoms with Gasteiger partial charge >= 0.3 is 5.97 Å². The quantitative estimate of drug-likeness (QED) is 0.384. The molecule has 26 heavy (non-hydrogen) atoms. The van der Waals surface area contributed by atoms with Gasteiger partial charge in [0.2, 0.25) is 0 Å². The number of hydrogen-bond acceptors (Lipinski definition) is 5. The van der Waals surface area contributed by atoms with Crippen LogP contribution in [0.3, 0.4) is 0 Å². The highest BCUT2D eigenvalue weighted by Gasteiger charge is 2.20. The van der Waals surface area contributed by atoms with Gasteiger partial charge in [-0.3, -0.25) is 14.2 Å². The summed E-state index contributed by atoms with van der Waals surface area (Å²) in [6, 6.07) is 12.5. The first kappa shape index (κ1) is 18.5. The molecule has 0 saturated heterocycles. The lowest BCUT2D eigenvalue weighted by atomic mass is 10.2. The van der Waals surface area contributed by atoms with Crippen molar-refractivity contribution in [3.05, 3.63) is 63.4 Å². The number of fused-ring (bicyclic) bond motifs is 1. The van der Waals surface area contributed by atoms with E-state index < -0.39 is 5.25 Å². The second-order valence-corrected chi connectivity index (χ2v) is 7.56. The van der Waals surface area contributed by atoms with Crippen LogP contribution in [-0.4, -0.2) is 27.9 Å². The molecule has 2 aromatic carbocycles. The number of thioether (sulfide) groups is 1. The lowest BCUT2D eigenvalue weighted by Gasteiger charge is -2.16. The summed E-state index contributed by atoms with van der Waals surface area (Å²) in [4.78, 5) is 29.6. The van der Waals surface area contributed by atoms with Crippen LogP contribution in [0, 0.1) is 6.92 Å². The largest absolute Gasteiger partial charge is 0.468 e. The minimum Gasteiger partial charge on any atom is -0.468 e. The zero-order chi connectivity index (χ0) is 18.8. The highest BCUT2D eigenvalue weighted by Crippen LogP contribution is 2.26. The maximum Gasteiger partial charge on any atom is 0.318 e. The zero-order valence-corrected chi connectivity index (χ0v) is 16.1. The van der Waals surface area contributed by atoms with Gasteiger partial charge in [0.05, 0.1) is 23.7 Å². The van der Waals surface area contributed by atoms with Crippen LogP contribution in [0.1, 0.15) is 12.5 Å². The average Bonchev–Trinajstić information content (AvgIpc) is 2.60. The number of ether oxygens (including phenoxy) is 1. The monoisotopic (exact) mass is 388 g/mol. The molecule has 0 amide bonds. The summed E-state index contributed by atoms with van der Waals surface area (Å²) in [5.41, 5.74) is 1.99. The Balaban J connectivity index is 2.27. The normalized spacial score (nSPS) is 12.2. The lowest BCUT2D eigenvalue weighted by Crippen LogP contribution is -2.24. The Kier molecular flexibility index (Phi) is 5.34. The summed E-state index contributed by atoms with van der Waals surface area (Å²) in [5.74, 6) is -0.383. The fraction of sp³-hybridized carbons (Fsp3) is 0.211. The molecule has 0 unspecified atom stereocenters. The van der Waals surface area contributed by atoms with Gasteiger partial charge in [-0.05, 0) is 49.7 Å². The van der Waals surface area contributed by atoms with Gasteiger partial charge in [-0.15, -0.1) is 0 Å². The van der Waals surface area contributed by atoms with Gasteiger partial charge < -0.3 is 4.74 Å². The molecule has 1 heterocycles. The molecule has 7 heteroatoms. The third kappa shape index (κ3) is 3.61. The number of benzene rings is 2. The maximum absolute atomic E-state index is 13.1. The number of rotatable bonds is 4. The van der Waals surface area contributed by atoms with Crippen LogP contribution in [0.15, 0.2) is 52.4 Å². The van der Waals surface area contributed by atoms with E-state index in [4.69, 9.17) is 16.3 Å². The van der Waals surface area contributed by atoms with Crippen molar-refractivity contribution < 1.29 is 9.53 Å². The second kappa shape index (κ2) is 7.51. The molecular weight excluding hydrogens is 372 g/mol. The first-order valence-electron chi connectivity index (χ1n) is 7.94. The highest BCUT2D eigenvalue weighted by molar-refractivity contribution is 8.00. The summed E-state index contributed by atoms with van der Waals surface area (Å²) in [6.07, 6.45) is 0. The Morgan fingerprint density at radius 2 is 2.04 bits per heavy atom. The van der Waals surface area contributed by atoms with Gasteiger partial charge in [0.25, 0.3) is 5.56 Å². The second-order valence-electron chi connectivity index (χ2n) is 5.82. The first-order chi connectivity index (χ1) is 12.4. The van der Waals surface area contributed by atoms with Crippen LogP contribution < -0.4 is 5.56 Å². The van der Waals surface area contributed by atoms with Gasteiger partial charge in [-0.1, -0.05) is 35.5 Å². The Hall–Kier alpha value is -2.31. The minimum atomic E-state index is -0.514. The van der Waals surface area contributed by atoms with Gasteiger partial charge in [-0.25, -0.2) is 4.98 Å². The Labute approximate surface area is 160 Å². The van der Waals surface area contributed by atoms with Crippen LogP contribution in [0.2, 0.25) is 5.02 Å². The number of methoxy groups -OCH3 is 1. The number of aryl methyl sites for hydroxylation is 1. The molecule has 0 N–H and O–H groups in total. The maximum atomic E-state index is 13.1. The summed E-state index contributed by atoms with van der Waals surface area (Å²) in [7, 11) is 1.33. The van der Waals surface area contributed by atoms with E-state index in [0.29, 0.717) is 26.8 Å². The summed E-state index contributed by atoms with van der Waals surface area (Å²) in [6.45, 7) is 3.66. The molecule has 5 nitrogen and oxygen atoms in total. The third-order valence-corrected chi connectivity index (χ3v) is 5.14. The van der Waals surface area contributed by atoms with Crippen LogP contribution in [0.5, 0.6) is 0 Å². The number of carbonyl (C=O) groups is 1. The van der Waals surface area contributed by atoms with Crippen molar-refractivity contribution in [3.63, 3.8) is 0 Å². The predicted octanol–water partition coefficient (Wildman–Crippen LogP) is 4.00. The van der Waals surface area contributed by atoms with Crippen molar-refractivity contribution in [2.75, 3.05) is 7.11 Å². The van der Waals surface area contributed by atoms with Crippen molar-refractivity contribution in [2.24, 2.45) is 0 Å². The number of halogens is 1. The molecule has 0 spiro atoms. The van der Waals surface area contributed by atoms with E-state index in [-0.39, 0.29) is 11.5 Å². The smallest absolute Gasteiger partial charge is 0.318 e. The van der Waals surface area contributed by atoms with Crippen LogP contribution in [0.4, 0.5) is 0 Å². The Bertz CT molecular complexity index is 1050. The molecule has 3 rings (SSSR count). The van der Waals surface area contributed by atoms with Crippen molar-refractivity contribution in [2.45, 2.75) is 24.3 Å². The zero-order valence-electron chi connectivity index (χ0n) is 14.5. The minimum absolute atomic E-state index is 0.211. The molecule has 0 saturated carbocycles. The highest BCUT2D eigenvalue weighted by atomic mass is 35.5. The van der Waals surface area contributed by atoms with Crippen LogP contribution in [0.25, 0.3) is 16.6 Å². The van der Waals surface area contributed by atoms with E-state index >= 15 is 0 Å². The Morgan fingerprint density at radius 3 is 2.73 bits per heavy atom. The van der Waals surface area contributed by atoms with Crippen LogP contribution in [-0.2, 0) is 9.53 Å². The van der Waals surface area contributed by atoms with E-state index in [2.05, 4.69) is 4.98 Å².